The Morgan fingerprint density at radius 2 is 1.38 bits per heavy atom. The molecule has 3 aromatic rings. The van der Waals surface area contributed by atoms with Crippen molar-refractivity contribution in [1.29, 1.82) is 0 Å². The van der Waals surface area contributed by atoms with Crippen LogP contribution in [-0.4, -0.2) is 18.4 Å². The fraction of sp³-hybridized carbons (Fsp3) is 0.167. The molecule has 0 spiro atoms. The highest BCUT2D eigenvalue weighted by molar-refractivity contribution is 6.05. The number of hydrogen-bond donors (Lipinski definition) is 2. The Bertz CT molecular complexity index is 963. The number of carbonyl (C=O) groups excluding carboxylic acids is 2. The molecule has 3 rings (SSSR count). The Kier molecular flexibility index (Phi) is 6.63. The van der Waals surface area contributed by atoms with Crippen molar-refractivity contribution in [3.05, 3.63) is 95.1 Å². The van der Waals surface area contributed by atoms with Crippen LogP contribution in [0.4, 0.5) is 5.69 Å². The second-order valence-corrected chi connectivity index (χ2v) is 6.66. The molecule has 0 aromatic heterocycles. The van der Waals surface area contributed by atoms with Gasteiger partial charge in [-0.2, -0.15) is 0 Å². The standard InChI is InChI=1S/C24H24N2O3/c1-3-29-22-14-12-21(13-15-22)26-24(28)20-10-8-19(9-11-20)23(27)25-16-18-6-4-17(2)5-7-18/h4-15H,3,16H2,1-2H3,(H,25,27)(H,26,28). The highest BCUT2D eigenvalue weighted by Crippen LogP contribution is 2.16. The summed E-state index contributed by atoms with van der Waals surface area (Å²) in [7, 11) is 0. The van der Waals surface area contributed by atoms with Crippen molar-refractivity contribution < 1.29 is 14.3 Å². The molecule has 0 bridgehead atoms. The Morgan fingerprint density at radius 1 is 0.793 bits per heavy atom. The summed E-state index contributed by atoms with van der Waals surface area (Å²) in [6.07, 6.45) is 0. The maximum absolute atomic E-state index is 12.4. The Labute approximate surface area is 170 Å². The Balaban J connectivity index is 1.56. The number of amides is 2. The van der Waals surface area contributed by atoms with Gasteiger partial charge in [-0.15, -0.1) is 0 Å². The van der Waals surface area contributed by atoms with E-state index in [4.69, 9.17) is 4.74 Å². The van der Waals surface area contributed by atoms with Gasteiger partial charge >= 0.3 is 0 Å². The molecule has 5 nitrogen and oxygen atoms in total. The molecule has 0 atom stereocenters. The van der Waals surface area contributed by atoms with Gasteiger partial charge in [-0.25, -0.2) is 0 Å². The van der Waals surface area contributed by atoms with E-state index >= 15 is 0 Å². The van der Waals surface area contributed by atoms with Gasteiger partial charge in [0.2, 0.25) is 0 Å². The Morgan fingerprint density at radius 3 is 1.97 bits per heavy atom. The van der Waals surface area contributed by atoms with Crippen LogP contribution in [0.3, 0.4) is 0 Å². The first-order valence-electron chi connectivity index (χ1n) is 9.53. The van der Waals surface area contributed by atoms with Crippen molar-refractivity contribution in [2.45, 2.75) is 20.4 Å². The van der Waals surface area contributed by atoms with Crippen LogP contribution >= 0.6 is 0 Å². The van der Waals surface area contributed by atoms with Crippen LogP contribution in [0, 0.1) is 6.92 Å². The van der Waals surface area contributed by atoms with Gasteiger partial charge in [0.1, 0.15) is 5.75 Å². The van der Waals surface area contributed by atoms with E-state index < -0.39 is 0 Å². The Hall–Kier alpha value is -3.60. The summed E-state index contributed by atoms with van der Waals surface area (Å²) in [5.74, 6) is 0.344. The number of nitrogens with one attached hydrogen (secondary N) is 2. The fourth-order valence-electron chi connectivity index (χ4n) is 2.77. The quantitative estimate of drug-likeness (QED) is 0.623. The maximum atomic E-state index is 12.4. The van der Waals surface area contributed by atoms with Gasteiger partial charge in [0.15, 0.2) is 0 Å². The minimum absolute atomic E-state index is 0.177. The first-order chi connectivity index (χ1) is 14.0. The van der Waals surface area contributed by atoms with Gasteiger partial charge in [-0.1, -0.05) is 29.8 Å². The summed E-state index contributed by atoms with van der Waals surface area (Å²) in [5, 5.41) is 5.72. The maximum Gasteiger partial charge on any atom is 0.255 e. The van der Waals surface area contributed by atoms with E-state index in [0.29, 0.717) is 30.0 Å². The van der Waals surface area contributed by atoms with Gasteiger partial charge in [0.05, 0.1) is 6.61 Å². The molecule has 0 saturated heterocycles. The molecule has 5 heteroatoms. The van der Waals surface area contributed by atoms with E-state index in [1.807, 2.05) is 38.1 Å². The molecule has 0 aliphatic rings. The lowest BCUT2D eigenvalue weighted by Gasteiger charge is -2.08. The molecule has 0 saturated carbocycles. The first kappa shape index (κ1) is 20.1. The average Bonchev–Trinajstić information content (AvgIpc) is 2.75. The zero-order valence-corrected chi connectivity index (χ0v) is 16.6. The van der Waals surface area contributed by atoms with Gasteiger partial charge in [-0.3, -0.25) is 9.59 Å². The summed E-state index contributed by atoms with van der Waals surface area (Å²) < 4.78 is 5.39. The third-order valence-electron chi connectivity index (χ3n) is 4.41. The number of hydrogen-bond acceptors (Lipinski definition) is 3. The van der Waals surface area contributed by atoms with Crippen LogP contribution < -0.4 is 15.4 Å². The molecule has 29 heavy (non-hydrogen) atoms. The smallest absolute Gasteiger partial charge is 0.255 e. The van der Waals surface area contributed by atoms with Crippen LogP contribution in [0.25, 0.3) is 0 Å². The molecule has 2 N–H and O–H groups in total. The topological polar surface area (TPSA) is 67.4 Å². The van der Waals surface area contributed by atoms with Crippen molar-refractivity contribution in [3.8, 4) is 5.75 Å². The van der Waals surface area contributed by atoms with Crippen LogP contribution in [0.2, 0.25) is 0 Å². The molecule has 3 aromatic carbocycles. The summed E-state index contributed by atoms with van der Waals surface area (Å²) >= 11 is 0. The lowest BCUT2D eigenvalue weighted by molar-refractivity contribution is 0.0949. The molecule has 0 aliphatic carbocycles. The monoisotopic (exact) mass is 388 g/mol. The van der Waals surface area contributed by atoms with E-state index in [1.165, 1.54) is 5.56 Å². The molecule has 148 valence electrons. The molecule has 0 unspecified atom stereocenters. The normalized spacial score (nSPS) is 10.3. The van der Waals surface area contributed by atoms with Crippen molar-refractivity contribution in [3.63, 3.8) is 0 Å². The second kappa shape index (κ2) is 9.55. The second-order valence-electron chi connectivity index (χ2n) is 6.66. The molecular weight excluding hydrogens is 364 g/mol. The van der Waals surface area contributed by atoms with Crippen LogP contribution in [0.5, 0.6) is 5.75 Å². The van der Waals surface area contributed by atoms with E-state index in [1.54, 1.807) is 48.5 Å². The minimum atomic E-state index is -0.235. The average molecular weight is 388 g/mol. The van der Waals surface area contributed by atoms with Crippen molar-refractivity contribution in [1.82, 2.24) is 5.32 Å². The van der Waals surface area contributed by atoms with E-state index in [2.05, 4.69) is 10.6 Å². The number of rotatable bonds is 7. The fourth-order valence-corrected chi connectivity index (χ4v) is 2.77. The number of anilines is 1. The minimum Gasteiger partial charge on any atom is -0.494 e. The van der Waals surface area contributed by atoms with E-state index in [9.17, 15) is 9.59 Å². The lowest BCUT2D eigenvalue weighted by atomic mass is 10.1. The summed E-state index contributed by atoms with van der Waals surface area (Å²) in [6, 6.07) is 21.8. The zero-order valence-electron chi connectivity index (χ0n) is 16.6. The van der Waals surface area contributed by atoms with Gasteiger partial charge in [0, 0.05) is 23.4 Å². The van der Waals surface area contributed by atoms with Gasteiger partial charge < -0.3 is 15.4 Å². The largest absolute Gasteiger partial charge is 0.494 e. The van der Waals surface area contributed by atoms with Crippen LogP contribution in [0.1, 0.15) is 38.8 Å². The molecular formula is C24H24N2O3. The van der Waals surface area contributed by atoms with Crippen molar-refractivity contribution in [2.75, 3.05) is 11.9 Å². The summed E-state index contributed by atoms with van der Waals surface area (Å²) in [4.78, 5) is 24.7. The predicted octanol–water partition coefficient (Wildman–Crippen LogP) is 4.58. The van der Waals surface area contributed by atoms with Gasteiger partial charge in [-0.05, 0) is 67.9 Å². The van der Waals surface area contributed by atoms with E-state index in [0.717, 1.165) is 11.3 Å². The third-order valence-corrected chi connectivity index (χ3v) is 4.41. The molecule has 0 radical (unpaired) electrons. The zero-order chi connectivity index (χ0) is 20.6. The molecule has 2 amide bonds. The highest BCUT2D eigenvalue weighted by Gasteiger charge is 2.09. The molecule has 0 heterocycles. The number of benzene rings is 3. The summed E-state index contributed by atoms with van der Waals surface area (Å²) in [5.41, 5.74) is 3.89. The number of aryl methyl sites for hydroxylation is 1. The number of ether oxygens (including phenoxy) is 1. The van der Waals surface area contributed by atoms with Crippen molar-refractivity contribution in [2.24, 2.45) is 0 Å². The molecule has 0 aliphatic heterocycles. The van der Waals surface area contributed by atoms with Crippen LogP contribution in [0.15, 0.2) is 72.8 Å². The van der Waals surface area contributed by atoms with Gasteiger partial charge in [0.25, 0.3) is 11.8 Å². The number of carbonyl (C=O) groups is 2. The van der Waals surface area contributed by atoms with Crippen LogP contribution in [-0.2, 0) is 6.54 Å². The molecule has 0 fully saturated rings. The highest BCUT2D eigenvalue weighted by atomic mass is 16.5. The third kappa shape index (κ3) is 5.69. The predicted molar refractivity (Wildman–Crippen MR) is 114 cm³/mol. The first-order valence-corrected chi connectivity index (χ1v) is 9.53. The lowest BCUT2D eigenvalue weighted by Crippen LogP contribution is -2.23. The SMILES string of the molecule is CCOc1ccc(NC(=O)c2ccc(C(=O)NCc3ccc(C)cc3)cc2)cc1. The van der Waals surface area contributed by atoms with Crippen molar-refractivity contribution >= 4 is 17.5 Å². The van der Waals surface area contributed by atoms with E-state index in [-0.39, 0.29) is 11.8 Å². The summed E-state index contributed by atoms with van der Waals surface area (Å²) in [6.45, 7) is 4.99.